The molecule has 0 fully saturated rings. The Morgan fingerprint density at radius 3 is 1.91 bits per heavy atom. The first kappa shape index (κ1) is 15.6. The van der Waals surface area contributed by atoms with E-state index in [1.54, 1.807) is 55.6 Å². The summed E-state index contributed by atoms with van der Waals surface area (Å²) in [6.45, 7) is 0.131. The average molecular weight is 300 g/mol. The Labute approximate surface area is 128 Å². The van der Waals surface area contributed by atoms with Crippen LogP contribution in [0.15, 0.2) is 48.5 Å². The highest BCUT2D eigenvalue weighted by atomic mass is 16.5. The van der Waals surface area contributed by atoms with Gasteiger partial charge in [-0.15, -0.1) is 0 Å². The number of hydrogen-bond donors (Lipinski definition) is 0. The zero-order valence-electron chi connectivity index (χ0n) is 12.4. The van der Waals surface area contributed by atoms with E-state index in [2.05, 4.69) is 4.74 Å². The van der Waals surface area contributed by atoms with Crippen LogP contribution in [0.25, 0.3) is 0 Å². The summed E-state index contributed by atoms with van der Waals surface area (Å²) in [5, 5.41) is 0. The quantitative estimate of drug-likeness (QED) is 0.795. The van der Waals surface area contributed by atoms with Crippen molar-refractivity contribution in [1.29, 1.82) is 0 Å². The third kappa shape index (κ3) is 3.85. The van der Waals surface area contributed by atoms with Gasteiger partial charge >= 0.3 is 11.9 Å². The van der Waals surface area contributed by atoms with E-state index in [0.717, 1.165) is 5.56 Å². The number of ether oxygens (including phenoxy) is 3. The SMILES string of the molecule is COC(=O)c1ccc(COC(=O)c2ccc(OC)cc2)cc1. The molecule has 0 N–H and O–H groups in total. The Morgan fingerprint density at radius 1 is 0.818 bits per heavy atom. The van der Waals surface area contributed by atoms with Crippen LogP contribution >= 0.6 is 0 Å². The molecule has 22 heavy (non-hydrogen) atoms. The van der Waals surface area contributed by atoms with E-state index in [-0.39, 0.29) is 6.61 Å². The highest BCUT2D eigenvalue weighted by molar-refractivity contribution is 5.90. The molecule has 0 saturated heterocycles. The van der Waals surface area contributed by atoms with Gasteiger partial charge in [-0.05, 0) is 42.0 Å². The molecular formula is C17H16O5. The second-order valence-electron chi connectivity index (χ2n) is 4.49. The molecule has 5 heteroatoms. The molecule has 0 aliphatic rings. The number of hydrogen-bond acceptors (Lipinski definition) is 5. The van der Waals surface area contributed by atoms with E-state index in [4.69, 9.17) is 9.47 Å². The summed E-state index contributed by atoms with van der Waals surface area (Å²) in [5.74, 6) is -0.142. The first-order chi connectivity index (χ1) is 10.6. The number of rotatable bonds is 5. The van der Waals surface area contributed by atoms with Gasteiger partial charge in [0.15, 0.2) is 0 Å². The van der Waals surface area contributed by atoms with Crippen molar-refractivity contribution in [2.24, 2.45) is 0 Å². The second-order valence-corrected chi connectivity index (χ2v) is 4.49. The van der Waals surface area contributed by atoms with E-state index in [0.29, 0.717) is 16.9 Å². The van der Waals surface area contributed by atoms with Crippen molar-refractivity contribution in [1.82, 2.24) is 0 Å². The van der Waals surface area contributed by atoms with Crippen molar-refractivity contribution < 1.29 is 23.8 Å². The predicted molar refractivity (Wildman–Crippen MR) is 79.9 cm³/mol. The molecule has 0 bridgehead atoms. The fourth-order valence-corrected chi connectivity index (χ4v) is 1.81. The zero-order valence-corrected chi connectivity index (χ0v) is 12.4. The van der Waals surface area contributed by atoms with Crippen LogP contribution in [0.5, 0.6) is 5.75 Å². The summed E-state index contributed by atoms with van der Waals surface area (Å²) in [6.07, 6.45) is 0. The molecule has 0 spiro atoms. The molecule has 0 aliphatic heterocycles. The third-order valence-electron chi connectivity index (χ3n) is 3.07. The van der Waals surface area contributed by atoms with Gasteiger partial charge < -0.3 is 14.2 Å². The molecule has 0 unspecified atom stereocenters. The number of esters is 2. The lowest BCUT2D eigenvalue weighted by molar-refractivity contribution is 0.0471. The minimum Gasteiger partial charge on any atom is -0.497 e. The molecule has 2 aromatic carbocycles. The van der Waals surface area contributed by atoms with Crippen LogP contribution in [0.2, 0.25) is 0 Å². The number of methoxy groups -OCH3 is 2. The lowest BCUT2D eigenvalue weighted by Crippen LogP contribution is -2.06. The van der Waals surface area contributed by atoms with Crippen molar-refractivity contribution in [2.75, 3.05) is 14.2 Å². The molecule has 5 nitrogen and oxygen atoms in total. The van der Waals surface area contributed by atoms with E-state index < -0.39 is 11.9 Å². The van der Waals surface area contributed by atoms with Crippen LogP contribution in [0.4, 0.5) is 0 Å². The topological polar surface area (TPSA) is 61.8 Å². The molecule has 0 aromatic heterocycles. The number of benzene rings is 2. The maximum absolute atomic E-state index is 11.9. The third-order valence-corrected chi connectivity index (χ3v) is 3.07. The molecule has 114 valence electrons. The molecule has 0 saturated carbocycles. The van der Waals surface area contributed by atoms with Crippen LogP contribution < -0.4 is 4.74 Å². The Balaban J connectivity index is 1.94. The van der Waals surface area contributed by atoms with Crippen molar-refractivity contribution >= 4 is 11.9 Å². The maximum atomic E-state index is 11.9. The predicted octanol–water partition coefficient (Wildman–Crippen LogP) is 2.84. The van der Waals surface area contributed by atoms with Crippen LogP contribution in [0.1, 0.15) is 26.3 Å². The second kappa shape index (κ2) is 7.26. The van der Waals surface area contributed by atoms with Crippen molar-refractivity contribution in [2.45, 2.75) is 6.61 Å². The Morgan fingerprint density at radius 2 is 1.36 bits per heavy atom. The monoisotopic (exact) mass is 300 g/mol. The standard InChI is InChI=1S/C17H16O5/c1-20-15-9-7-14(8-10-15)17(19)22-11-12-3-5-13(6-4-12)16(18)21-2/h3-10H,11H2,1-2H3. The Bertz CT molecular complexity index is 644. The smallest absolute Gasteiger partial charge is 0.338 e. The lowest BCUT2D eigenvalue weighted by atomic mass is 10.1. The first-order valence-corrected chi connectivity index (χ1v) is 6.62. The van der Waals surface area contributed by atoms with Crippen LogP contribution in [-0.2, 0) is 16.1 Å². The maximum Gasteiger partial charge on any atom is 0.338 e. The fourth-order valence-electron chi connectivity index (χ4n) is 1.81. The molecule has 2 aromatic rings. The fraction of sp³-hybridized carbons (Fsp3) is 0.176. The Hall–Kier alpha value is -2.82. The zero-order chi connectivity index (χ0) is 15.9. The highest BCUT2D eigenvalue weighted by Crippen LogP contribution is 2.13. The highest BCUT2D eigenvalue weighted by Gasteiger charge is 2.08. The van der Waals surface area contributed by atoms with Gasteiger partial charge in [-0.1, -0.05) is 12.1 Å². The Kier molecular flexibility index (Phi) is 5.14. The summed E-state index contributed by atoms with van der Waals surface area (Å²) in [6, 6.07) is 13.4. The number of carbonyl (C=O) groups is 2. The summed E-state index contributed by atoms with van der Waals surface area (Å²) in [4.78, 5) is 23.2. The summed E-state index contributed by atoms with van der Waals surface area (Å²) < 4.78 is 14.9. The van der Waals surface area contributed by atoms with Crippen LogP contribution in [0.3, 0.4) is 0 Å². The molecule has 0 heterocycles. The van der Waals surface area contributed by atoms with Gasteiger partial charge in [0, 0.05) is 0 Å². The van der Waals surface area contributed by atoms with Gasteiger partial charge in [-0.2, -0.15) is 0 Å². The minimum atomic E-state index is -0.417. The van der Waals surface area contributed by atoms with E-state index in [1.165, 1.54) is 7.11 Å². The van der Waals surface area contributed by atoms with E-state index in [1.807, 2.05) is 0 Å². The van der Waals surface area contributed by atoms with Gasteiger partial charge in [0.2, 0.25) is 0 Å². The van der Waals surface area contributed by atoms with Crippen molar-refractivity contribution in [3.8, 4) is 5.75 Å². The van der Waals surface area contributed by atoms with Crippen molar-refractivity contribution in [3.05, 3.63) is 65.2 Å². The van der Waals surface area contributed by atoms with Gasteiger partial charge in [-0.25, -0.2) is 9.59 Å². The van der Waals surface area contributed by atoms with Crippen LogP contribution in [-0.4, -0.2) is 26.2 Å². The summed E-state index contributed by atoms with van der Waals surface area (Å²) in [7, 11) is 2.89. The summed E-state index contributed by atoms with van der Waals surface area (Å²) >= 11 is 0. The van der Waals surface area contributed by atoms with Crippen molar-refractivity contribution in [3.63, 3.8) is 0 Å². The molecule has 0 atom stereocenters. The summed E-state index contributed by atoms with van der Waals surface area (Å²) in [5.41, 5.74) is 1.69. The molecule has 0 radical (unpaired) electrons. The minimum absolute atomic E-state index is 0.131. The first-order valence-electron chi connectivity index (χ1n) is 6.62. The molecule has 2 rings (SSSR count). The average Bonchev–Trinajstić information content (AvgIpc) is 2.59. The van der Waals surface area contributed by atoms with Gasteiger partial charge in [0.1, 0.15) is 12.4 Å². The molecule has 0 amide bonds. The lowest BCUT2D eigenvalue weighted by Gasteiger charge is -2.06. The van der Waals surface area contributed by atoms with E-state index >= 15 is 0 Å². The van der Waals surface area contributed by atoms with Gasteiger partial charge in [0.25, 0.3) is 0 Å². The molecule has 0 aliphatic carbocycles. The van der Waals surface area contributed by atoms with Gasteiger partial charge in [0.05, 0.1) is 25.3 Å². The normalized spacial score (nSPS) is 9.91. The van der Waals surface area contributed by atoms with Gasteiger partial charge in [-0.3, -0.25) is 0 Å². The largest absolute Gasteiger partial charge is 0.497 e. The molecular weight excluding hydrogens is 284 g/mol. The van der Waals surface area contributed by atoms with Crippen LogP contribution in [0, 0.1) is 0 Å². The van der Waals surface area contributed by atoms with E-state index in [9.17, 15) is 9.59 Å². The number of carbonyl (C=O) groups excluding carboxylic acids is 2.